The fourth-order valence-electron chi connectivity index (χ4n) is 2.56. The molecule has 0 fully saturated rings. The Balaban J connectivity index is 1.98. The highest BCUT2D eigenvalue weighted by atomic mass is 32.2. The van der Waals surface area contributed by atoms with Crippen LogP contribution >= 0.6 is 0 Å². The van der Waals surface area contributed by atoms with Crippen LogP contribution in [0.4, 0.5) is 18.9 Å². The molecule has 3 N–H and O–H groups in total. The fourth-order valence-corrected chi connectivity index (χ4v) is 3.76. The van der Waals surface area contributed by atoms with Crippen molar-refractivity contribution in [1.82, 2.24) is 5.32 Å². The smallest absolute Gasteiger partial charge is 0.394 e. The van der Waals surface area contributed by atoms with Crippen LogP contribution in [0.1, 0.15) is 30.5 Å². The zero-order valence-corrected chi connectivity index (χ0v) is 17.3. The Kier molecular flexibility index (Phi) is 7.14. The summed E-state index contributed by atoms with van der Waals surface area (Å²) in [4.78, 5) is 12.0. The third kappa shape index (κ3) is 7.34. The number of sulfonamides is 1. The zero-order chi connectivity index (χ0) is 22.6. The van der Waals surface area contributed by atoms with E-state index in [2.05, 4.69) is 10.0 Å². The molecule has 0 aliphatic rings. The number of benzene rings is 2. The fraction of sp³-hybridized carbons (Fsp3) is 0.350. The minimum atomic E-state index is -4.48. The van der Waals surface area contributed by atoms with E-state index in [-0.39, 0.29) is 30.2 Å². The first-order chi connectivity index (χ1) is 13.8. The highest BCUT2D eigenvalue weighted by Gasteiger charge is 2.30. The summed E-state index contributed by atoms with van der Waals surface area (Å²) < 4.78 is 64.7. The van der Waals surface area contributed by atoms with Gasteiger partial charge in [0.1, 0.15) is 0 Å². The second-order valence-corrected chi connectivity index (χ2v) is 9.24. The van der Waals surface area contributed by atoms with Crippen LogP contribution in [-0.4, -0.2) is 31.6 Å². The van der Waals surface area contributed by atoms with Gasteiger partial charge in [0.05, 0.1) is 29.9 Å². The third-order valence-electron chi connectivity index (χ3n) is 4.10. The third-order valence-corrected chi connectivity index (χ3v) is 5.36. The van der Waals surface area contributed by atoms with Gasteiger partial charge >= 0.3 is 6.18 Å². The molecule has 10 heteroatoms. The molecule has 2 rings (SSSR count). The molecule has 0 aliphatic carbocycles. The number of rotatable bonds is 8. The van der Waals surface area contributed by atoms with Crippen LogP contribution in [0.3, 0.4) is 0 Å². The van der Waals surface area contributed by atoms with E-state index >= 15 is 0 Å². The molecule has 2 aromatic carbocycles. The summed E-state index contributed by atoms with van der Waals surface area (Å²) in [6.07, 6.45) is -4.43. The van der Waals surface area contributed by atoms with Crippen molar-refractivity contribution in [3.63, 3.8) is 0 Å². The lowest BCUT2D eigenvalue weighted by Gasteiger charge is -2.23. The molecular weight excluding hydrogens is 421 g/mol. The summed E-state index contributed by atoms with van der Waals surface area (Å²) in [5.41, 5.74) is -0.465. The molecule has 0 bridgehead atoms. The predicted octanol–water partition coefficient (Wildman–Crippen LogP) is 3.08. The normalized spacial score (nSPS) is 12.5. The van der Waals surface area contributed by atoms with Crippen LogP contribution in [-0.2, 0) is 33.2 Å². The number of aliphatic hydroxyl groups excluding tert-OH is 1. The van der Waals surface area contributed by atoms with E-state index in [9.17, 15) is 31.5 Å². The number of aliphatic hydroxyl groups is 1. The second-order valence-electron chi connectivity index (χ2n) is 7.52. The van der Waals surface area contributed by atoms with Gasteiger partial charge in [0.2, 0.25) is 15.9 Å². The Morgan fingerprint density at radius 3 is 2.00 bits per heavy atom. The molecular formula is C20H23F3N2O4S. The molecule has 0 saturated carbocycles. The first kappa shape index (κ1) is 23.7. The summed E-state index contributed by atoms with van der Waals surface area (Å²) in [5, 5.41) is 11.9. The number of nitrogens with one attached hydrogen (secondary N) is 2. The molecule has 2 aromatic rings. The maximum Gasteiger partial charge on any atom is 0.416 e. The SMILES string of the molecule is CC(C)(CO)NC(=O)Cc1ccc(NS(=O)(=O)Cc2ccc(C(F)(F)F)cc2)cc1. The van der Waals surface area contributed by atoms with Gasteiger partial charge in [0.15, 0.2) is 0 Å². The van der Waals surface area contributed by atoms with Crippen molar-refractivity contribution in [3.05, 3.63) is 65.2 Å². The number of carbonyl (C=O) groups is 1. The molecule has 30 heavy (non-hydrogen) atoms. The largest absolute Gasteiger partial charge is 0.416 e. The second kappa shape index (κ2) is 9.05. The molecule has 164 valence electrons. The van der Waals surface area contributed by atoms with Crippen molar-refractivity contribution >= 4 is 21.6 Å². The van der Waals surface area contributed by atoms with E-state index in [0.717, 1.165) is 24.3 Å². The van der Waals surface area contributed by atoms with Crippen LogP contribution < -0.4 is 10.0 Å². The van der Waals surface area contributed by atoms with E-state index in [4.69, 9.17) is 0 Å². The van der Waals surface area contributed by atoms with E-state index in [1.807, 2.05) is 0 Å². The Morgan fingerprint density at radius 2 is 1.50 bits per heavy atom. The maximum absolute atomic E-state index is 12.6. The summed E-state index contributed by atoms with van der Waals surface area (Å²) in [7, 11) is -3.84. The number of alkyl halides is 3. The van der Waals surface area contributed by atoms with Crippen molar-refractivity contribution in [3.8, 4) is 0 Å². The average Bonchev–Trinajstić information content (AvgIpc) is 2.62. The molecule has 0 saturated heterocycles. The number of anilines is 1. The molecule has 6 nitrogen and oxygen atoms in total. The Hall–Kier alpha value is -2.59. The Morgan fingerprint density at radius 1 is 0.967 bits per heavy atom. The lowest BCUT2D eigenvalue weighted by Crippen LogP contribution is -2.46. The summed E-state index contributed by atoms with van der Waals surface area (Å²) in [6, 6.07) is 10.1. The number of hydrogen-bond donors (Lipinski definition) is 3. The average molecular weight is 444 g/mol. The first-order valence-electron chi connectivity index (χ1n) is 8.97. The standard InChI is InChI=1S/C20H23F3N2O4S/c1-19(2,13-26)24-18(27)11-14-5-9-17(10-6-14)25-30(28,29)12-15-3-7-16(8-4-15)20(21,22)23/h3-10,25-26H,11-13H2,1-2H3,(H,24,27). The number of halogens is 3. The van der Waals surface area contributed by atoms with Gasteiger partial charge < -0.3 is 10.4 Å². The molecule has 1 amide bonds. The van der Waals surface area contributed by atoms with Gasteiger partial charge in [0, 0.05) is 5.69 Å². The van der Waals surface area contributed by atoms with Crippen LogP contribution in [0.2, 0.25) is 0 Å². The van der Waals surface area contributed by atoms with E-state index < -0.39 is 33.1 Å². The Labute approximate surface area is 173 Å². The van der Waals surface area contributed by atoms with Crippen LogP contribution in [0, 0.1) is 0 Å². The van der Waals surface area contributed by atoms with Crippen LogP contribution in [0.5, 0.6) is 0 Å². The number of amides is 1. The molecule has 0 unspecified atom stereocenters. The first-order valence-corrected chi connectivity index (χ1v) is 10.6. The van der Waals surface area contributed by atoms with Gasteiger partial charge in [-0.25, -0.2) is 8.42 Å². The summed E-state index contributed by atoms with van der Waals surface area (Å²) in [6.45, 7) is 3.15. The predicted molar refractivity (Wildman–Crippen MR) is 107 cm³/mol. The summed E-state index contributed by atoms with van der Waals surface area (Å²) in [5.74, 6) is -0.768. The zero-order valence-electron chi connectivity index (χ0n) is 16.5. The van der Waals surface area contributed by atoms with Crippen molar-refractivity contribution in [2.24, 2.45) is 0 Å². The van der Waals surface area contributed by atoms with Gasteiger partial charge in [-0.05, 0) is 49.2 Å². The minimum Gasteiger partial charge on any atom is -0.394 e. The van der Waals surface area contributed by atoms with E-state index in [0.29, 0.717) is 5.56 Å². The molecule has 0 radical (unpaired) electrons. The highest BCUT2D eigenvalue weighted by molar-refractivity contribution is 7.91. The lowest BCUT2D eigenvalue weighted by atomic mass is 10.1. The van der Waals surface area contributed by atoms with Crippen molar-refractivity contribution in [2.45, 2.75) is 37.7 Å². The molecule has 0 aliphatic heterocycles. The topological polar surface area (TPSA) is 95.5 Å². The monoisotopic (exact) mass is 444 g/mol. The quantitative estimate of drug-likeness (QED) is 0.583. The molecule has 0 aromatic heterocycles. The van der Waals surface area contributed by atoms with Gasteiger partial charge in [-0.1, -0.05) is 24.3 Å². The van der Waals surface area contributed by atoms with Crippen molar-refractivity contribution < 1.29 is 31.5 Å². The highest BCUT2D eigenvalue weighted by Crippen LogP contribution is 2.29. The van der Waals surface area contributed by atoms with Gasteiger partial charge in [-0.15, -0.1) is 0 Å². The molecule has 0 spiro atoms. The van der Waals surface area contributed by atoms with Gasteiger partial charge in [0.25, 0.3) is 0 Å². The van der Waals surface area contributed by atoms with Gasteiger partial charge in [-0.2, -0.15) is 13.2 Å². The number of hydrogen-bond acceptors (Lipinski definition) is 4. The lowest BCUT2D eigenvalue weighted by molar-refractivity contribution is -0.137. The van der Waals surface area contributed by atoms with Crippen LogP contribution in [0.15, 0.2) is 48.5 Å². The van der Waals surface area contributed by atoms with Crippen LogP contribution in [0.25, 0.3) is 0 Å². The van der Waals surface area contributed by atoms with E-state index in [1.165, 1.54) is 12.1 Å². The Bertz CT molecular complexity index is 971. The summed E-state index contributed by atoms with van der Waals surface area (Å²) >= 11 is 0. The van der Waals surface area contributed by atoms with Crippen molar-refractivity contribution in [1.29, 1.82) is 0 Å². The molecule has 0 heterocycles. The van der Waals surface area contributed by atoms with Gasteiger partial charge in [-0.3, -0.25) is 9.52 Å². The van der Waals surface area contributed by atoms with E-state index in [1.54, 1.807) is 26.0 Å². The molecule has 0 atom stereocenters. The maximum atomic E-state index is 12.6. The van der Waals surface area contributed by atoms with Crippen molar-refractivity contribution in [2.75, 3.05) is 11.3 Å². The number of carbonyl (C=O) groups excluding carboxylic acids is 1. The minimum absolute atomic E-state index is 0.0576.